The zero-order valence-electron chi connectivity index (χ0n) is 8.18. The number of hydrogen-bond donors (Lipinski definition) is 1. The Morgan fingerprint density at radius 2 is 2.42 bits per heavy atom. The van der Waals surface area contributed by atoms with Crippen LogP contribution in [0.5, 0.6) is 0 Å². The van der Waals surface area contributed by atoms with Gasteiger partial charge in [-0.15, -0.1) is 0 Å². The number of nitrogens with zero attached hydrogens (tertiary/aromatic N) is 1. The van der Waals surface area contributed by atoms with E-state index in [1.165, 1.54) is 38.2 Å². The first kappa shape index (κ1) is 10.4. The van der Waals surface area contributed by atoms with Gasteiger partial charge >= 0.3 is 0 Å². The molecule has 3 heteroatoms. The monoisotopic (exact) mass is 188 g/mol. The van der Waals surface area contributed by atoms with E-state index in [-0.39, 0.29) is 0 Å². The lowest BCUT2D eigenvalue weighted by molar-refractivity contribution is 0.317. The van der Waals surface area contributed by atoms with Gasteiger partial charge in [0.1, 0.15) is 0 Å². The molecule has 2 nitrogen and oxygen atoms in total. The number of thioether (sulfide) groups is 1. The van der Waals surface area contributed by atoms with E-state index in [1.807, 2.05) is 11.8 Å². The van der Waals surface area contributed by atoms with Gasteiger partial charge in [0.25, 0.3) is 0 Å². The molecule has 0 amide bonds. The van der Waals surface area contributed by atoms with Gasteiger partial charge in [-0.25, -0.2) is 0 Å². The highest BCUT2D eigenvalue weighted by atomic mass is 32.2. The summed E-state index contributed by atoms with van der Waals surface area (Å²) in [5.74, 6) is 1.25. The minimum atomic E-state index is 0.761. The standard InChI is InChI=1S/C9H20N2S/c1-11(6-7-12-2)8-9-4-3-5-10-9/h9-10H,3-8H2,1-2H3/t9-/m1/s1. The molecule has 0 aromatic carbocycles. The minimum absolute atomic E-state index is 0.761. The van der Waals surface area contributed by atoms with Crippen molar-refractivity contribution in [3.05, 3.63) is 0 Å². The Hall–Kier alpha value is 0.270. The van der Waals surface area contributed by atoms with Crippen LogP contribution in [0.1, 0.15) is 12.8 Å². The summed E-state index contributed by atoms with van der Waals surface area (Å²) < 4.78 is 0. The maximum Gasteiger partial charge on any atom is 0.0195 e. The summed E-state index contributed by atoms with van der Waals surface area (Å²) in [7, 11) is 2.22. The van der Waals surface area contributed by atoms with Gasteiger partial charge in [0.2, 0.25) is 0 Å². The normalized spacial score (nSPS) is 23.8. The van der Waals surface area contributed by atoms with E-state index in [1.54, 1.807) is 0 Å². The fraction of sp³-hybridized carbons (Fsp3) is 1.00. The molecule has 0 aromatic rings. The summed E-state index contributed by atoms with van der Waals surface area (Å²) in [5.41, 5.74) is 0. The van der Waals surface area contributed by atoms with Crippen LogP contribution in [0.2, 0.25) is 0 Å². The molecule has 1 aliphatic heterocycles. The Morgan fingerprint density at radius 1 is 1.58 bits per heavy atom. The van der Waals surface area contributed by atoms with Crippen molar-refractivity contribution >= 4 is 11.8 Å². The van der Waals surface area contributed by atoms with E-state index in [9.17, 15) is 0 Å². The average molecular weight is 188 g/mol. The van der Waals surface area contributed by atoms with Crippen LogP contribution in [-0.2, 0) is 0 Å². The summed E-state index contributed by atoms with van der Waals surface area (Å²) in [6.45, 7) is 3.67. The molecule has 0 aliphatic carbocycles. The second kappa shape index (κ2) is 5.84. The molecule has 0 unspecified atom stereocenters. The summed E-state index contributed by atoms with van der Waals surface area (Å²) >= 11 is 1.93. The zero-order valence-corrected chi connectivity index (χ0v) is 8.99. The molecule has 1 rings (SSSR count). The summed E-state index contributed by atoms with van der Waals surface area (Å²) in [4.78, 5) is 2.43. The summed E-state index contributed by atoms with van der Waals surface area (Å²) in [6.07, 6.45) is 4.90. The second-order valence-electron chi connectivity index (χ2n) is 3.55. The average Bonchev–Trinajstić information content (AvgIpc) is 2.53. The van der Waals surface area contributed by atoms with Crippen LogP contribution < -0.4 is 5.32 Å². The molecule has 0 saturated carbocycles. The van der Waals surface area contributed by atoms with Crippen LogP contribution in [0.15, 0.2) is 0 Å². The molecule has 0 bridgehead atoms. The van der Waals surface area contributed by atoms with Gasteiger partial charge in [0.15, 0.2) is 0 Å². The Balaban J connectivity index is 2.03. The quantitative estimate of drug-likeness (QED) is 0.694. The Kier molecular flexibility index (Phi) is 5.04. The minimum Gasteiger partial charge on any atom is -0.313 e. The number of hydrogen-bond acceptors (Lipinski definition) is 3. The first-order valence-electron chi connectivity index (χ1n) is 4.74. The predicted molar refractivity (Wildman–Crippen MR) is 56.9 cm³/mol. The van der Waals surface area contributed by atoms with Crippen molar-refractivity contribution in [3.63, 3.8) is 0 Å². The second-order valence-corrected chi connectivity index (χ2v) is 4.53. The highest BCUT2D eigenvalue weighted by Gasteiger charge is 2.15. The first-order chi connectivity index (χ1) is 5.83. The fourth-order valence-corrected chi connectivity index (χ4v) is 2.12. The van der Waals surface area contributed by atoms with Crippen LogP contribution in [0, 0.1) is 0 Å². The molecule has 72 valence electrons. The van der Waals surface area contributed by atoms with Gasteiger partial charge in [-0.3, -0.25) is 0 Å². The number of likely N-dealkylation sites (N-methyl/N-ethyl adjacent to an activating group) is 1. The molecule has 1 N–H and O–H groups in total. The van der Waals surface area contributed by atoms with Crippen molar-refractivity contribution in [2.24, 2.45) is 0 Å². The van der Waals surface area contributed by atoms with Gasteiger partial charge in [-0.2, -0.15) is 11.8 Å². The van der Waals surface area contributed by atoms with E-state index < -0.39 is 0 Å². The molecular formula is C9H20N2S. The largest absolute Gasteiger partial charge is 0.313 e. The van der Waals surface area contributed by atoms with Gasteiger partial charge in [0.05, 0.1) is 0 Å². The highest BCUT2D eigenvalue weighted by molar-refractivity contribution is 7.98. The van der Waals surface area contributed by atoms with Crippen LogP contribution in [-0.4, -0.2) is 49.6 Å². The maximum atomic E-state index is 3.52. The van der Waals surface area contributed by atoms with Crippen LogP contribution in [0.4, 0.5) is 0 Å². The smallest absolute Gasteiger partial charge is 0.0195 e. The number of nitrogens with one attached hydrogen (secondary N) is 1. The van der Waals surface area contributed by atoms with Gasteiger partial charge in [-0.1, -0.05) is 0 Å². The summed E-state index contributed by atoms with van der Waals surface area (Å²) in [6, 6.07) is 0.761. The van der Waals surface area contributed by atoms with Crippen LogP contribution >= 0.6 is 11.8 Å². The molecular weight excluding hydrogens is 168 g/mol. The molecule has 1 fully saturated rings. The molecule has 1 heterocycles. The third kappa shape index (κ3) is 3.78. The zero-order chi connectivity index (χ0) is 8.81. The fourth-order valence-electron chi connectivity index (χ4n) is 1.63. The Bertz CT molecular complexity index is 113. The van der Waals surface area contributed by atoms with E-state index in [0.717, 1.165) is 6.04 Å². The van der Waals surface area contributed by atoms with E-state index >= 15 is 0 Å². The van der Waals surface area contributed by atoms with E-state index in [2.05, 4.69) is 23.5 Å². The van der Waals surface area contributed by atoms with Crippen molar-refractivity contribution in [2.45, 2.75) is 18.9 Å². The predicted octanol–water partition coefficient (Wildman–Crippen LogP) is 1.03. The maximum absolute atomic E-state index is 3.52. The Labute approximate surface area is 80.1 Å². The SMILES string of the molecule is CSCCN(C)C[C@H]1CCCN1. The molecule has 0 aromatic heterocycles. The first-order valence-corrected chi connectivity index (χ1v) is 6.13. The lowest BCUT2D eigenvalue weighted by Gasteiger charge is -2.20. The van der Waals surface area contributed by atoms with Gasteiger partial charge in [0, 0.05) is 24.9 Å². The van der Waals surface area contributed by atoms with E-state index in [4.69, 9.17) is 0 Å². The van der Waals surface area contributed by atoms with Crippen LogP contribution in [0.25, 0.3) is 0 Å². The molecule has 12 heavy (non-hydrogen) atoms. The molecule has 1 saturated heterocycles. The van der Waals surface area contributed by atoms with Crippen molar-refractivity contribution in [3.8, 4) is 0 Å². The summed E-state index contributed by atoms with van der Waals surface area (Å²) in [5, 5.41) is 3.52. The molecule has 0 radical (unpaired) electrons. The van der Waals surface area contributed by atoms with Gasteiger partial charge in [-0.05, 0) is 32.7 Å². The third-order valence-corrected chi connectivity index (χ3v) is 2.96. The lowest BCUT2D eigenvalue weighted by Crippen LogP contribution is -2.36. The molecule has 0 spiro atoms. The third-order valence-electron chi connectivity index (χ3n) is 2.37. The van der Waals surface area contributed by atoms with Crippen molar-refractivity contribution in [1.29, 1.82) is 0 Å². The highest BCUT2D eigenvalue weighted by Crippen LogP contribution is 2.06. The topological polar surface area (TPSA) is 15.3 Å². The van der Waals surface area contributed by atoms with Crippen LogP contribution in [0.3, 0.4) is 0 Å². The number of rotatable bonds is 5. The molecule has 1 atom stereocenters. The van der Waals surface area contributed by atoms with Gasteiger partial charge < -0.3 is 10.2 Å². The molecule has 1 aliphatic rings. The van der Waals surface area contributed by atoms with Crippen molar-refractivity contribution in [2.75, 3.05) is 38.7 Å². The Morgan fingerprint density at radius 3 is 3.00 bits per heavy atom. The van der Waals surface area contributed by atoms with E-state index in [0.29, 0.717) is 0 Å². The van der Waals surface area contributed by atoms with Crippen molar-refractivity contribution in [1.82, 2.24) is 10.2 Å². The lowest BCUT2D eigenvalue weighted by atomic mass is 10.2. The van der Waals surface area contributed by atoms with Crippen molar-refractivity contribution < 1.29 is 0 Å².